The summed E-state index contributed by atoms with van der Waals surface area (Å²) in [6.45, 7) is 10.3. The fraction of sp³-hybridized carbons (Fsp3) is 0.706. The van der Waals surface area contributed by atoms with Gasteiger partial charge in [-0.15, -0.1) is 11.3 Å². The average Bonchev–Trinajstić information content (AvgIpc) is 3.05. The van der Waals surface area contributed by atoms with E-state index < -0.39 is 5.60 Å². The van der Waals surface area contributed by atoms with E-state index in [-0.39, 0.29) is 6.09 Å². The lowest BCUT2D eigenvalue weighted by Gasteiger charge is -2.26. The number of hydrogen-bond donors (Lipinski definition) is 1. The monoisotopic (exact) mass is 358 g/mol. The highest BCUT2D eigenvalue weighted by atomic mass is 35.5. The Labute approximate surface area is 148 Å². The first-order valence-electron chi connectivity index (χ1n) is 8.24. The number of amides is 1. The van der Waals surface area contributed by atoms with Crippen LogP contribution in [0.4, 0.5) is 4.79 Å². The number of hydrogen-bond acceptors (Lipinski definition) is 4. The molecule has 0 aromatic carbocycles. The molecule has 0 bridgehead atoms. The van der Waals surface area contributed by atoms with Gasteiger partial charge in [-0.2, -0.15) is 0 Å². The molecule has 1 aliphatic rings. The first-order valence-corrected chi connectivity index (χ1v) is 9.43. The molecule has 2 heterocycles. The molecule has 6 heteroatoms. The second-order valence-corrected chi connectivity index (χ2v) is 8.85. The molecule has 0 radical (unpaired) electrons. The number of thiophene rings is 1. The van der Waals surface area contributed by atoms with Gasteiger partial charge >= 0.3 is 6.09 Å². The van der Waals surface area contributed by atoms with Crippen molar-refractivity contribution in [2.75, 3.05) is 19.6 Å². The van der Waals surface area contributed by atoms with Gasteiger partial charge < -0.3 is 15.0 Å². The van der Waals surface area contributed by atoms with E-state index in [9.17, 15) is 4.79 Å². The van der Waals surface area contributed by atoms with Crippen molar-refractivity contribution >= 4 is 29.0 Å². The molecule has 23 heavy (non-hydrogen) atoms. The summed E-state index contributed by atoms with van der Waals surface area (Å²) in [5.74, 6) is 0.448. The molecule has 2 unspecified atom stereocenters. The largest absolute Gasteiger partial charge is 0.444 e. The van der Waals surface area contributed by atoms with Crippen molar-refractivity contribution in [1.82, 2.24) is 10.2 Å². The summed E-state index contributed by atoms with van der Waals surface area (Å²) in [5, 5.41) is 3.57. The van der Waals surface area contributed by atoms with Gasteiger partial charge in [-0.05, 0) is 58.2 Å². The third-order valence-electron chi connectivity index (χ3n) is 3.96. The second-order valence-electron chi connectivity index (χ2n) is 7.05. The fourth-order valence-corrected chi connectivity index (χ4v) is 4.10. The summed E-state index contributed by atoms with van der Waals surface area (Å²) >= 11 is 7.67. The highest BCUT2D eigenvalue weighted by Crippen LogP contribution is 2.27. The standard InChI is InChI=1S/C17H27ClN2O2S/c1-5-19-14(10-13-6-7-15(18)23-13)12-8-9-20(11-12)16(21)22-17(2,3)4/h6-7,12,14,19H,5,8-11H2,1-4H3. The highest BCUT2D eigenvalue weighted by molar-refractivity contribution is 7.16. The molecule has 1 saturated heterocycles. The normalized spacial score (nSPS) is 19.9. The first-order chi connectivity index (χ1) is 10.8. The Morgan fingerprint density at radius 1 is 1.52 bits per heavy atom. The van der Waals surface area contributed by atoms with Gasteiger partial charge in [0.25, 0.3) is 0 Å². The maximum absolute atomic E-state index is 12.2. The van der Waals surface area contributed by atoms with Gasteiger partial charge in [0.1, 0.15) is 5.60 Å². The van der Waals surface area contributed by atoms with E-state index in [1.807, 2.05) is 31.7 Å². The van der Waals surface area contributed by atoms with Crippen molar-refractivity contribution in [3.8, 4) is 0 Å². The number of likely N-dealkylation sites (N-methyl/N-ethyl adjacent to an activating group) is 1. The van der Waals surface area contributed by atoms with Crippen LogP contribution in [0.5, 0.6) is 0 Å². The molecule has 0 saturated carbocycles. The number of nitrogens with one attached hydrogen (secondary N) is 1. The maximum Gasteiger partial charge on any atom is 0.410 e. The van der Waals surface area contributed by atoms with Crippen LogP contribution in [0.25, 0.3) is 0 Å². The molecular weight excluding hydrogens is 332 g/mol. The van der Waals surface area contributed by atoms with Crippen LogP contribution >= 0.6 is 22.9 Å². The van der Waals surface area contributed by atoms with Gasteiger partial charge in [0.05, 0.1) is 4.34 Å². The summed E-state index contributed by atoms with van der Waals surface area (Å²) in [5.41, 5.74) is -0.441. The van der Waals surface area contributed by atoms with Crippen molar-refractivity contribution in [2.45, 2.75) is 52.2 Å². The van der Waals surface area contributed by atoms with E-state index in [1.54, 1.807) is 11.3 Å². The molecule has 0 spiro atoms. The van der Waals surface area contributed by atoms with Crippen LogP contribution in [0, 0.1) is 5.92 Å². The van der Waals surface area contributed by atoms with Crippen molar-refractivity contribution in [3.63, 3.8) is 0 Å². The van der Waals surface area contributed by atoms with Crippen LogP contribution in [0.2, 0.25) is 4.34 Å². The Balaban J connectivity index is 1.94. The smallest absolute Gasteiger partial charge is 0.410 e. The van der Waals surface area contributed by atoms with E-state index in [0.29, 0.717) is 12.0 Å². The summed E-state index contributed by atoms with van der Waals surface area (Å²) in [4.78, 5) is 15.3. The number of rotatable bonds is 5. The quantitative estimate of drug-likeness (QED) is 0.858. The predicted molar refractivity (Wildman–Crippen MR) is 96.4 cm³/mol. The molecule has 1 N–H and O–H groups in total. The minimum absolute atomic E-state index is 0.200. The van der Waals surface area contributed by atoms with Crippen LogP contribution in [0.15, 0.2) is 12.1 Å². The zero-order chi connectivity index (χ0) is 17.0. The Morgan fingerprint density at radius 2 is 2.26 bits per heavy atom. The van der Waals surface area contributed by atoms with Gasteiger partial charge in [0, 0.05) is 24.0 Å². The lowest BCUT2D eigenvalue weighted by molar-refractivity contribution is 0.0285. The summed E-state index contributed by atoms with van der Waals surface area (Å²) < 4.78 is 6.31. The highest BCUT2D eigenvalue weighted by Gasteiger charge is 2.33. The summed E-state index contributed by atoms with van der Waals surface area (Å²) in [6.07, 6.45) is 1.77. The van der Waals surface area contributed by atoms with Gasteiger partial charge in [-0.1, -0.05) is 18.5 Å². The van der Waals surface area contributed by atoms with Gasteiger partial charge in [0.2, 0.25) is 0 Å². The molecule has 1 fully saturated rings. The molecule has 1 aromatic heterocycles. The van der Waals surface area contributed by atoms with E-state index in [0.717, 1.165) is 36.8 Å². The predicted octanol–water partition coefficient (Wildman–Crippen LogP) is 4.18. The van der Waals surface area contributed by atoms with Crippen molar-refractivity contribution in [3.05, 3.63) is 21.3 Å². The van der Waals surface area contributed by atoms with Crippen molar-refractivity contribution < 1.29 is 9.53 Å². The Morgan fingerprint density at radius 3 is 2.83 bits per heavy atom. The molecular formula is C17H27ClN2O2S. The van der Waals surface area contributed by atoms with E-state index in [1.165, 1.54) is 4.88 Å². The first kappa shape index (κ1) is 18.6. The number of halogens is 1. The topological polar surface area (TPSA) is 41.6 Å². The lowest BCUT2D eigenvalue weighted by atomic mass is 9.95. The zero-order valence-electron chi connectivity index (χ0n) is 14.4. The molecule has 1 aliphatic heterocycles. The van der Waals surface area contributed by atoms with E-state index >= 15 is 0 Å². The van der Waals surface area contributed by atoms with E-state index in [4.69, 9.17) is 16.3 Å². The molecule has 1 aromatic rings. The molecule has 0 aliphatic carbocycles. The van der Waals surface area contributed by atoms with Crippen LogP contribution in [-0.4, -0.2) is 42.3 Å². The van der Waals surface area contributed by atoms with Crippen molar-refractivity contribution in [1.29, 1.82) is 0 Å². The number of ether oxygens (including phenoxy) is 1. The molecule has 130 valence electrons. The molecule has 1 amide bonds. The summed E-state index contributed by atoms with van der Waals surface area (Å²) in [7, 11) is 0. The minimum Gasteiger partial charge on any atom is -0.444 e. The van der Waals surface area contributed by atoms with Crippen LogP contribution in [-0.2, 0) is 11.2 Å². The third kappa shape index (κ3) is 5.66. The van der Waals surface area contributed by atoms with Crippen molar-refractivity contribution in [2.24, 2.45) is 5.92 Å². The fourth-order valence-electron chi connectivity index (χ4n) is 2.95. The van der Waals surface area contributed by atoms with Gasteiger partial charge in [-0.25, -0.2) is 4.79 Å². The Hall–Kier alpha value is -0.780. The SMILES string of the molecule is CCNC(Cc1ccc(Cl)s1)C1CCN(C(=O)OC(C)(C)C)C1. The lowest BCUT2D eigenvalue weighted by Crippen LogP contribution is -2.41. The van der Waals surface area contributed by atoms with Crippen LogP contribution in [0.3, 0.4) is 0 Å². The van der Waals surface area contributed by atoms with Gasteiger partial charge in [0.15, 0.2) is 0 Å². The van der Waals surface area contributed by atoms with E-state index in [2.05, 4.69) is 18.3 Å². The number of likely N-dealkylation sites (tertiary alicyclic amines) is 1. The number of nitrogens with zero attached hydrogens (tertiary/aromatic N) is 1. The molecule has 2 atom stereocenters. The molecule has 2 rings (SSSR count). The third-order valence-corrected chi connectivity index (χ3v) is 5.22. The maximum atomic E-state index is 12.2. The second kappa shape index (κ2) is 7.86. The number of carbonyl (C=O) groups excluding carboxylic acids is 1. The Bertz CT molecular complexity index is 527. The zero-order valence-corrected chi connectivity index (χ0v) is 16.0. The average molecular weight is 359 g/mol. The number of carbonyl (C=O) groups is 1. The van der Waals surface area contributed by atoms with Gasteiger partial charge in [-0.3, -0.25) is 0 Å². The minimum atomic E-state index is -0.441. The Kier molecular flexibility index (Phi) is 6.34. The van der Waals surface area contributed by atoms with Crippen LogP contribution in [0.1, 0.15) is 39.0 Å². The summed E-state index contributed by atoms with van der Waals surface area (Å²) in [6, 6.07) is 4.41. The van der Waals surface area contributed by atoms with Crippen LogP contribution < -0.4 is 5.32 Å². The molecule has 4 nitrogen and oxygen atoms in total.